The van der Waals surface area contributed by atoms with Gasteiger partial charge in [-0.2, -0.15) is 4.98 Å². The maximum Gasteiger partial charge on any atom is 0.355 e. The summed E-state index contributed by atoms with van der Waals surface area (Å²) in [5, 5.41) is 3.31. The first kappa shape index (κ1) is 17.2. The van der Waals surface area contributed by atoms with Crippen molar-refractivity contribution in [1.82, 2.24) is 14.5 Å². The van der Waals surface area contributed by atoms with Gasteiger partial charge in [0.1, 0.15) is 0 Å². The van der Waals surface area contributed by atoms with Gasteiger partial charge in [0, 0.05) is 25.3 Å². The Balaban J connectivity index is 1.76. The second-order valence-electron chi connectivity index (χ2n) is 6.94. The van der Waals surface area contributed by atoms with Crippen molar-refractivity contribution in [3.63, 3.8) is 0 Å². The molecule has 0 unspecified atom stereocenters. The molecule has 1 aromatic heterocycles. The van der Waals surface area contributed by atoms with E-state index in [-0.39, 0.29) is 17.8 Å². The van der Waals surface area contributed by atoms with Crippen LogP contribution in [0.1, 0.15) is 64.3 Å². The van der Waals surface area contributed by atoms with E-state index in [0.717, 1.165) is 6.42 Å². The number of aromatic nitrogens is 3. The Labute approximate surface area is 141 Å². The van der Waals surface area contributed by atoms with Crippen LogP contribution in [-0.2, 0) is 4.74 Å². The summed E-state index contributed by atoms with van der Waals surface area (Å²) in [5.74, 6) is 0.901. The molecule has 1 saturated heterocycles. The van der Waals surface area contributed by atoms with Gasteiger partial charge in [-0.25, -0.2) is 14.2 Å². The zero-order valence-electron chi connectivity index (χ0n) is 14.4. The molecule has 24 heavy (non-hydrogen) atoms. The Morgan fingerprint density at radius 1 is 1.21 bits per heavy atom. The molecule has 1 aromatic rings. The molecule has 0 radical (unpaired) electrons. The van der Waals surface area contributed by atoms with E-state index in [1.165, 1.54) is 36.7 Å². The van der Waals surface area contributed by atoms with Gasteiger partial charge < -0.3 is 10.1 Å². The van der Waals surface area contributed by atoms with Crippen molar-refractivity contribution >= 4 is 5.95 Å². The summed E-state index contributed by atoms with van der Waals surface area (Å²) >= 11 is 0. The summed E-state index contributed by atoms with van der Waals surface area (Å²) in [6.45, 7) is 3.29. The number of ether oxygens (including phenoxy) is 1. The maximum absolute atomic E-state index is 12.4. The van der Waals surface area contributed by atoms with Crippen LogP contribution in [0.2, 0.25) is 0 Å². The van der Waals surface area contributed by atoms with Gasteiger partial charge >= 0.3 is 11.4 Å². The first-order valence-corrected chi connectivity index (χ1v) is 9.26. The third kappa shape index (κ3) is 3.88. The molecule has 2 fully saturated rings. The third-order valence-corrected chi connectivity index (χ3v) is 5.39. The van der Waals surface area contributed by atoms with Crippen LogP contribution in [-0.4, -0.2) is 33.8 Å². The summed E-state index contributed by atoms with van der Waals surface area (Å²) in [5.41, 5.74) is -0.838. The van der Waals surface area contributed by atoms with Crippen molar-refractivity contribution in [3.8, 4) is 0 Å². The quantitative estimate of drug-likeness (QED) is 0.859. The average Bonchev–Trinajstić information content (AvgIpc) is 2.61. The van der Waals surface area contributed by atoms with Crippen LogP contribution in [0.15, 0.2) is 9.59 Å². The summed E-state index contributed by atoms with van der Waals surface area (Å²) < 4.78 is 6.54. The highest BCUT2D eigenvalue weighted by atomic mass is 16.5. The van der Waals surface area contributed by atoms with Crippen molar-refractivity contribution in [2.45, 2.75) is 70.4 Å². The van der Waals surface area contributed by atoms with E-state index in [2.05, 4.69) is 22.2 Å². The van der Waals surface area contributed by atoms with Gasteiger partial charge in [-0.05, 0) is 38.0 Å². The van der Waals surface area contributed by atoms with Crippen LogP contribution in [0.25, 0.3) is 0 Å². The normalized spacial score (nSPS) is 21.5. The molecular weight excluding hydrogens is 308 g/mol. The summed E-state index contributed by atoms with van der Waals surface area (Å²) in [6, 6.07) is 0.142. The van der Waals surface area contributed by atoms with Crippen molar-refractivity contribution in [2.75, 3.05) is 18.5 Å². The standard InChI is InChI=1S/C17H28N4O3/c1-2-14(12-6-4-3-5-7-12)18-15-19-16(22)21(17(23)20-15)13-8-10-24-11-9-13/h12-14H,2-11H2,1H3,(H2,18,19,20,22,23)/t14-/m0/s1. The minimum Gasteiger partial charge on any atom is -0.381 e. The highest BCUT2D eigenvalue weighted by Gasteiger charge is 2.24. The van der Waals surface area contributed by atoms with E-state index in [9.17, 15) is 9.59 Å². The molecule has 3 rings (SSSR count). The van der Waals surface area contributed by atoms with Gasteiger partial charge in [-0.1, -0.05) is 26.2 Å². The van der Waals surface area contributed by atoms with E-state index in [1.54, 1.807) is 0 Å². The molecule has 0 aromatic carbocycles. The van der Waals surface area contributed by atoms with E-state index >= 15 is 0 Å². The van der Waals surface area contributed by atoms with Gasteiger partial charge in [0.25, 0.3) is 0 Å². The van der Waals surface area contributed by atoms with Gasteiger partial charge in [-0.15, -0.1) is 0 Å². The number of rotatable bonds is 5. The number of H-pyrrole nitrogens is 1. The second kappa shape index (κ2) is 7.96. The molecule has 7 heteroatoms. The topological polar surface area (TPSA) is 89.0 Å². The van der Waals surface area contributed by atoms with E-state index in [4.69, 9.17) is 4.74 Å². The second-order valence-corrected chi connectivity index (χ2v) is 6.94. The van der Waals surface area contributed by atoms with Crippen molar-refractivity contribution < 1.29 is 4.74 Å². The van der Waals surface area contributed by atoms with Gasteiger partial charge in [0.05, 0.1) is 0 Å². The number of hydrogen-bond acceptors (Lipinski definition) is 5. The highest BCUT2D eigenvalue weighted by Crippen LogP contribution is 2.28. The third-order valence-electron chi connectivity index (χ3n) is 5.39. The first-order valence-electron chi connectivity index (χ1n) is 9.26. The van der Waals surface area contributed by atoms with Crippen LogP contribution >= 0.6 is 0 Å². The molecule has 0 amide bonds. The van der Waals surface area contributed by atoms with E-state index < -0.39 is 5.69 Å². The maximum atomic E-state index is 12.4. The van der Waals surface area contributed by atoms with Crippen LogP contribution in [0.4, 0.5) is 5.95 Å². The van der Waals surface area contributed by atoms with Gasteiger partial charge in [0.2, 0.25) is 5.95 Å². The Kier molecular flexibility index (Phi) is 5.71. The molecule has 7 nitrogen and oxygen atoms in total. The predicted molar refractivity (Wildman–Crippen MR) is 92.5 cm³/mol. The van der Waals surface area contributed by atoms with Crippen molar-refractivity contribution in [1.29, 1.82) is 0 Å². The number of nitrogens with one attached hydrogen (secondary N) is 2. The predicted octanol–water partition coefficient (Wildman–Crippen LogP) is 2.05. The Morgan fingerprint density at radius 2 is 1.92 bits per heavy atom. The lowest BCUT2D eigenvalue weighted by atomic mass is 9.83. The zero-order chi connectivity index (χ0) is 16.9. The Morgan fingerprint density at radius 3 is 2.54 bits per heavy atom. The molecule has 134 valence electrons. The van der Waals surface area contributed by atoms with Crippen LogP contribution in [0.5, 0.6) is 0 Å². The number of hydrogen-bond donors (Lipinski definition) is 2. The van der Waals surface area contributed by atoms with Crippen molar-refractivity contribution in [2.24, 2.45) is 5.92 Å². The molecule has 0 spiro atoms. The summed E-state index contributed by atoms with van der Waals surface area (Å²) in [4.78, 5) is 31.6. The SMILES string of the molecule is CC[C@H](Nc1nc(=O)n(C2CCOCC2)c(=O)[nH]1)C1CCCCC1. The lowest BCUT2D eigenvalue weighted by Gasteiger charge is -2.30. The highest BCUT2D eigenvalue weighted by molar-refractivity contribution is 5.24. The molecule has 2 aliphatic rings. The average molecular weight is 336 g/mol. The lowest BCUT2D eigenvalue weighted by Crippen LogP contribution is -2.43. The minimum absolute atomic E-state index is 0.114. The molecule has 1 atom stereocenters. The van der Waals surface area contributed by atoms with Crippen LogP contribution in [0, 0.1) is 5.92 Å². The summed E-state index contributed by atoms with van der Waals surface area (Å²) in [7, 11) is 0. The molecule has 1 aliphatic heterocycles. The van der Waals surface area contributed by atoms with Gasteiger partial charge in [-0.3, -0.25) is 4.98 Å². The fourth-order valence-corrected chi connectivity index (χ4v) is 4.02. The van der Waals surface area contributed by atoms with Gasteiger partial charge in [0.15, 0.2) is 0 Å². The fraction of sp³-hybridized carbons (Fsp3) is 0.824. The zero-order valence-corrected chi connectivity index (χ0v) is 14.4. The Hall–Kier alpha value is -1.63. The van der Waals surface area contributed by atoms with Crippen LogP contribution in [0.3, 0.4) is 0 Å². The first-order chi connectivity index (χ1) is 11.7. The number of anilines is 1. The molecular formula is C17H28N4O3. The molecule has 0 bridgehead atoms. The molecule has 2 heterocycles. The van der Waals surface area contributed by atoms with E-state index in [0.29, 0.717) is 37.9 Å². The number of aromatic amines is 1. The largest absolute Gasteiger partial charge is 0.381 e. The molecule has 1 saturated carbocycles. The molecule has 1 aliphatic carbocycles. The van der Waals surface area contributed by atoms with E-state index in [1.807, 2.05) is 0 Å². The molecule has 2 N–H and O–H groups in total. The monoisotopic (exact) mass is 336 g/mol. The minimum atomic E-state index is -0.466. The Bertz CT molecular complexity index is 611. The smallest absolute Gasteiger partial charge is 0.355 e. The lowest BCUT2D eigenvalue weighted by molar-refractivity contribution is 0.0670. The number of nitrogens with zero attached hydrogens (tertiary/aromatic N) is 2. The van der Waals surface area contributed by atoms with Crippen LogP contribution < -0.4 is 16.7 Å². The fourth-order valence-electron chi connectivity index (χ4n) is 4.02. The summed E-state index contributed by atoms with van der Waals surface area (Å²) in [6.07, 6.45) is 8.55. The van der Waals surface area contributed by atoms with Crippen molar-refractivity contribution in [3.05, 3.63) is 21.0 Å².